The lowest BCUT2D eigenvalue weighted by molar-refractivity contribution is 0.0195. The molecule has 41 heavy (non-hydrogen) atoms. The fourth-order valence-corrected chi connectivity index (χ4v) is 20.3. The fourth-order valence-electron chi connectivity index (χ4n) is 12.7. The second-order valence-electron chi connectivity index (χ2n) is 18.1. The number of rotatable bonds is 6. The molecule has 1 aromatic heterocycles. The molecule has 4 heteroatoms. The van der Waals surface area contributed by atoms with Crippen LogP contribution in [-0.2, 0) is 0 Å². The van der Waals surface area contributed by atoms with Crippen molar-refractivity contribution in [3.63, 3.8) is 0 Å². The number of fused-ring (bicyclic) bond motifs is 1. The van der Waals surface area contributed by atoms with Crippen LogP contribution >= 0.6 is 15.8 Å². The highest BCUT2D eigenvalue weighted by Crippen LogP contribution is 2.78. The first-order valence-corrected chi connectivity index (χ1v) is 20.3. The summed E-state index contributed by atoms with van der Waals surface area (Å²) < 4.78 is 0. The molecule has 0 amide bonds. The summed E-state index contributed by atoms with van der Waals surface area (Å²) in [4.78, 5) is 11.6. The van der Waals surface area contributed by atoms with Crippen molar-refractivity contribution in [2.75, 3.05) is 6.66 Å². The van der Waals surface area contributed by atoms with Gasteiger partial charge in [0, 0.05) is 0 Å². The summed E-state index contributed by atoms with van der Waals surface area (Å²) in [5.74, 6) is 5.99. The Morgan fingerprint density at radius 1 is 0.634 bits per heavy atom. The van der Waals surface area contributed by atoms with E-state index in [9.17, 15) is 0 Å². The quantitative estimate of drug-likeness (QED) is 0.314. The molecular weight excluding hydrogens is 534 g/mol. The second-order valence-corrected chi connectivity index (χ2v) is 23.8. The zero-order chi connectivity index (χ0) is 28.4. The summed E-state index contributed by atoms with van der Waals surface area (Å²) in [6, 6.07) is 8.91. The molecule has 2 nitrogen and oxygen atoms in total. The van der Waals surface area contributed by atoms with Crippen LogP contribution in [0.25, 0.3) is 11.0 Å². The van der Waals surface area contributed by atoms with Gasteiger partial charge < -0.3 is 0 Å². The number of hydrogen-bond donors (Lipinski definition) is 0. The Morgan fingerprint density at radius 3 is 1.37 bits per heavy atom. The summed E-state index contributed by atoms with van der Waals surface area (Å²) in [5, 5.41) is 1.31. The van der Waals surface area contributed by atoms with Crippen LogP contribution in [0.15, 0.2) is 24.3 Å². The van der Waals surface area contributed by atoms with Gasteiger partial charge in [-0.05, 0) is 175 Å². The van der Waals surface area contributed by atoms with Crippen molar-refractivity contribution < 1.29 is 0 Å². The van der Waals surface area contributed by atoms with E-state index in [1.807, 2.05) is 0 Å². The van der Waals surface area contributed by atoms with E-state index in [-0.39, 0.29) is 13.1 Å². The normalized spacial score (nSPS) is 40.8. The third-order valence-electron chi connectivity index (χ3n) is 12.9. The Balaban J connectivity index is 1.34. The minimum atomic E-state index is -0.450. The van der Waals surface area contributed by atoms with Crippen LogP contribution in [0.5, 0.6) is 0 Å². The van der Waals surface area contributed by atoms with Gasteiger partial charge in [0.1, 0.15) is 0 Å². The van der Waals surface area contributed by atoms with E-state index in [1.165, 1.54) is 94.4 Å². The molecule has 2 aromatic rings. The van der Waals surface area contributed by atoms with Gasteiger partial charge in [-0.25, -0.2) is 9.97 Å². The summed E-state index contributed by atoms with van der Waals surface area (Å²) in [6.07, 6.45) is 19.6. The predicted octanol–water partition coefficient (Wildman–Crippen LogP) is 9.63. The van der Waals surface area contributed by atoms with Gasteiger partial charge >= 0.3 is 0 Å². The number of benzene rings is 1. The third-order valence-corrected chi connectivity index (χ3v) is 19.7. The maximum absolute atomic E-state index is 5.90. The van der Waals surface area contributed by atoms with Gasteiger partial charge in [0.25, 0.3) is 0 Å². The maximum atomic E-state index is 5.90. The first-order valence-electron chi connectivity index (χ1n) is 17.2. The Bertz CT molecular complexity index is 1220. The summed E-state index contributed by atoms with van der Waals surface area (Å²) in [6.45, 7) is 15.0. The predicted molar refractivity (Wildman–Crippen MR) is 179 cm³/mol. The molecule has 1 atom stereocenters. The molecule has 8 aliphatic carbocycles. The Hall–Kier alpha value is -0.580. The first kappa shape index (κ1) is 27.9. The van der Waals surface area contributed by atoms with Gasteiger partial charge in [0.2, 0.25) is 0 Å². The highest BCUT2D eigenvalue weighted by atomic mass is 31.1. The lowest BCUT2D eigenvalue weighted by atomic mass is 9.55. The van der Waals surface area contributed by atoms with Crippen molar-refractivity contribution in [2.24, 2.45) is 40.9 Å². The van der Waals surface area contributed by atoms with Crippen molar-refractivity contribution in [3.05, 3.63) is 24.3 Å². The maximum Gasteiger partial charge on any atom is 0.0908 e. The van der Waals surface area contributed by atoms with Crippen molar-refractivity contribution in [3.8, 4) is 0 Å². The van der Waals surface area contributed by atoms with Crippen molar-refractivity contribution in [2.45, 2.75) is 134 Å². The molecule has 8 aliphatic rings. The third kappa shape index (κ3) is 4.70. The monoisotopic (exact) mass is 588 g/mol. The second kappa shape index (κ2) is 9.46. The Morgan fingerprint density at radius 2 is 1.00 bits per heavy atom. The van der Waals surface area contributed by atoms with Gasteiger partial charge in [0.05, 0.1) is 21.9 Å². The van der Waals surface area contributed by atoms with Crippen LogP contribution in [0.2, 0.25) is 0 Å². The average molecular weight is 589 g/mol. The van der Waals surface area contributed by atoms with E-state index in [0.717, 1.165) is 41.0 Å². The molecule has 10 rings (SSSR count). The topological polar surface area (TPSA) is 25.8 Å². The van der Waals surface area contributed by atoms with Gasteiger partial charge in [0.15, 0.2) is 0 Å². The molecule has 1 unspecified atom stereocenters. The summed E-state index contributed by atoms with van der Waals surface area (Å²) >= 11 is 0. The van der Waals surface area contributed by atoms with E-state index in [1.54, 1.807) is 5.44 Å². The van der Waals surface area contributed by atoms with Gasteiger partial charge in [-0.1, -0.05) is 46.8 Å². The number of hydrogen-bond acceptors (Lipinski definition) is 2. The molecule has 1 aromatic carbocycles. The number of para-hydroxylation sites is 2. The Labute approximate surface area is 252 Å². The lowest BCUT2D eigenvalue weighted by Gasteiger charge is -2.67. The van der Waals surface area contributed by atoms with Crippen LogP contribution in [0.4, 0.5) is 0 Å². The van der Waals surface area contributed by atoms with Gasteiger partial charge in [-0.15, -0.1) is 0 Å². The number of nitrogens with zero attached hydrogens (tertiary/aromatic N) is 2. The fraction of sp³-hybridized carbons (Fsp3) is 0.784. The molecule has 0 spiro atoms. The Kier molecular flexibility index (Phi) is 6.45. The standard InChI is InChI=1S/C37H54N2P2/c1-34(2,3)23-35(4,5)40(6)32-33(39-31-10-8-7-9-30(31)38-32)41(36-17-24-11-25(18-36)13-26(12-24)19-36)37-20-27-14-28(21-37)16-29(15-27)22-37/h7-10,24-29H,11-23H2,1-6H3. The largest absolute Gasteiger partial charge is 0.244 e. The van der Waals surface area contributed by atoms with E-state index >= 15 is 0 Å². The molecule has 0 N–H and O–H groups in total. The smallest absolute Gasteiger partial charge is 0.0908 e. The summed E-state index contributed by atoms with van der Waals surface area (Å²) in [7, 11) is -0.818. The van der Waals surface area contributed by atoms with Crippen molar-refractivity contribution >= 4 is 37.7 Å². The average Bonchev–Trinajstić information content (AvgIpc) is 2.84. The van der Waals surface area contributed by atoms with Crippen LogP contribution < -0.4 is 10.9 Å². The highest BCUT2D eigenvalue weighted by Gasteiger charge is 2.64. The van der Waals surface area contributed by atoms with E-state index < -0.39 is 7.92 Å². The van der Waals surface area contributed by atoms with E-state index in [2.05, 4.69) is 65.5 Å². The highest BCUT2D eigenvalue weighted by molar-refractivity contribution is 7.73. The van der Waals surface area contributed by atoms with Crippen LogP contribution in [0.1, 0.15) is 118 Å². The molecule has 222 valence electrons. The van der Waals surface area contributed by atoms with E-state index in [0.29, 0.717) is 15.7 Å². The molecule has 8 fully saturated rings. The lowest BCUT2D eigenvalue weighted by Crippen LogP contribution is -2.59. The van der Waals surface area contributed by atoms with Crippen molar-refractivity contribution in [1.82, 2.24) is 9.97 Å². The van der Waals surface area contributed by atoms with E-state index in [4.69, 9.17) is 9.97 Å². The number of aromatic nitrogens is 2. The molecule has 1 heterocycles. The van der Waals surface area contributed by atoms with Crippen LogP contribution in [-0.4, -0.2) is 32.1 Å². The molecular formula is C37H54N2P2. The van der Waals surface area contributed by atoms with Gasteiger partial charge in [-0.2, -0.15) is 0 Å². The molecule has 8 bridgehead atoms. The van der Waals surface area contributed by atoms with Crippen LogP contribution in [0, 0.1) is 40.9 Å². The van der Waals surface area contributed by atoms with Gasteiger partial charge in [-0.3, -0.25) is 0 Å². The first-order chi connectivity index (χ1) is 19.4. The summed E-state index contributed by atoms with van der Waals surface area (Å²) in [5.41, 5.74) is 5.68. The van der Waals surface area contributed by atoms with Crippen molar-refractivity contribution in [1.29, 1.82) is 0 Å². The molecule has 0 aliphatic heterocycles. The minimum absolute atomic E-state index is 0.239. The zero-order valence-corrected chi connectivity index (χ0v) is 28.5. The minimum Gasteiger partial charge on any atom is -0.244 e. The molecule has 0 radical (unpaired) electrons. The molecule has 0 saturated heterocycles. The molecule has 8 saturated carbocycles. The SMILES string of the molecule is CP(c1nc2ccccc2nc1P(C12CC3CC(CC(C3)C1)C2)C12CC3CC(CC(C3)C1)C2)C(C)(C)CC(C)(C)C. The zero-order valence-electron chi connectivity index (χ0n) is 26.8. The van der Waals surface area contributed by atoms with Crippen LogP contribution in [0.3, 0.4) is 0 Å².